The smallest absolute Gasteiger partial charge is 0.225 e. The molecule has 0 aliphatic heterocycles. The largest absolute Gasteiger partial charge is 0.350 e. The first-order valence-corrected chi connectivity index (χ1v) is 7.87. The average molecular weight is 340 g/mol. The number of hydrogen-bond donors (Lipinski definition) is 2. The van der Waals surface area contributed by atoms with Crippen LogP contribution >= 0.6 is 0 Å². The van der Waals surface area contributed by atoms with Crippen LogP contribution < -0.4 is 10.6 Å². The van der Waals surface area contributed by atoms with Crippen molar-refractivity contribution in [3.05, 3.63) is 77.0 Å². The Balaban J connectivity index is 1.73. The number of halogens is 2. The van der Waals surface area contributed by atoms with Gasteiger partial charge in [0.2, 0.25) is 5.95 Å². The van der Waals surface area contributed by atoms with Gasteiger partial charge in [0, 0.05) is 30.1 Å². The molecule has 128 valence electrons. The third-order valence-electron chi connectivity index (χ3n) is 3.62. The summed E-state index contributed by atoms with van der Waals surface area (Å²) in [5, 5.41) is 6.13. The van der Waals surface area contributed by atoms with Gasteiger partial charge in [-0.1, -0.05) is 29.8 Å². The maximum atomic E-state index is 13.3. The van der Waals surface area contributed by atoms with Crippen LogP contribution in [0.3, 0.4) is 0 Å². The summed E-state index contributed by atoms with van der Waals surface area (Å²) in [6, 6.07) is 13.5. The summed E-state index contributed by atoms with van der Waals surface area (Å²) in [6.45, 7) is 4.47. The molecule has 25 heavy (non-hydrogen) atoms. The van der Waals surface area contributed by atoms with E-state index >= 15 is 0 Å². The van der Waals surface area contributed by atoms with Crippen LogP contribution in [-0.4, -0.2) is 9.97 Å². The minimum atomic E-state index is -0.909. The summed E-state index contributed by atoms with van der Waals surface area (Å²) in [5.74, 6) is -0.825. The van der Waals surface area contributed by atoms with Gasteiger partial charge in [-0.2, -0.15) is 4.98 Å². The van der Waals surface area contributed by atoms with Crippen LogP contribution in [0.2, 0.25) is 0 Å². The molecule has 0 aliphatic rings. The lowest BCUT2D eigenvalue weighted by Gasteiger charge is -2.10. The van der Waals surface area contributed by atoms with Crippen LogP contribution in [0.25, 0.3) is 0 Å². The van der Waals surface area contributed by atoms with E-state index in [1.54, 1.807) is 6.07 Å². The zero-order valence-electron chi connectivity index (χ0n) is 14.0. The Morgan fingerprint density at radius 3 is 2.36 bits per heavy atom. The van der Waals surface area contributed by atoms with Gasteiger partial charge >= 0.3 is 0 Å². The van der Waals surface area contributed by atoms with Gasteiger partial charge in [-0.25, -0.2) is 13.8 Å². The van der Waals surface area contributed by atoms with Gasteiger partial charge < -0.3 is 10.6 Å². The first kappa shape index (κ1) is 16.8. The highest BCUT2D eigenvalue weighted by atomic mass is 19.2. The minimum absolute atomic E-state index is 0.418. The Morgan fingerprint density at radius 1 is 0.880 bits per heavy atom. The van der Waals surface area contributed by atoms with E-state index in [1.807, 2.05) is 38.1 Å². The molecule has 0 radical (unpaired) electrons. The third-order valence-corrected chi connectivity index (χ3v) is 3.62. The van der Waals surface area contributed by atoms with Crippen molar-refractivity contribution in [2.24, 2.45) is 0 Å². The first-order chi connectivity index (χ1) is 12.0. The van der Waals surface area contributed by atoms with Gasteiger partial charge in [-0.05, 0) is 31.5 Å². The van der Waals surface area contributed by atoms with Crippen molar-refractivity contribution >= 4 is 17.5 Å². The van der Waals surface area contributed by atoms with E-state index < -0.39 is 11.6 Å². The number of aryl methyl sites for hydroxylation is 2. The molecule has 1 heterocycles. The predicted octanol–water partition coefficient (Wildman–Crippen LogP) is 4.73. The second kappa shape index (κ2) is 7.25. The molecule has 0 fully saturated rings. The van der Waals surface area contributed by atoms with Gasteiger partial charge in [0.1, 0.15) is 5.82 Å². The molecule has 1 aromatic heterocycles. The number of aromatic nitrogens is 2. The van der Waals surface area contributed by atoms with Crippen LogP contribution in [0.4, 0.5) is 26.2 Å². The molecule has 2 N–H and O–H groups in total. The number of nitrogens with zero attached hydrogens (tertiary/aromatic N) is 2. The molecule has 0 bridgehead atoms. The summed E-state index contributed by atoms with van der Waals surface area (Å²) in [4.78, 5) is 8.71. The van der Waals surface area contributed by atoms with Crippen LogP contribution in [0.5, 0.6) is 0 Å². The van der Waals surface area contributed by atoms with Crippen molar-refractivity contribution in [1.82, 2.24) is 9.97 Å². The predicted molar refractivity (Wildman–Crippen MR) is 94.9 cm³/mol. The van der Waals surface area contributed by atoms with E-state index in [4.69, 9.17) is 0 Å². The molecule has 3 rings (SSSR count). The van der Waals surface area contributed by atoms with Gasteiger partial charge in [-0.3, -0.25) is 0 Å². The van der Waals surface area contributed by atoms with E-state index in [-0.39, 0.29) is 0 Å². The number of rotatable bonds is 5. The molecular formula is C19H18F2N4. The topological polar surface area (TPSA) is 49.8 Å². The van der Waals surface area contributed by atoms with E-state index in [0.717, 1.165) is 23.4 Å². The molecule has 0 amide bonds. The fraction of sp³-hybridized carbons (Fsp3) is 0.158. The molecular weight excluding hydrogens is 322 g/mol. The second-order valence-electron chi connectivity index (χ2n) is 5.81. The van der Waals surface area contributed by atoms with Gasteiger partial charge in [0.05, 0.1) is 0 Å². The van der Waals surface area contributed by atoms with Gasteiger partial charge in [0.25, 0.3) is 0 Å². The fourth-order valence-corrected chi connectivity index (χ4v) is 2.32. The minimum Gasteiger partial charge on any atom is -0.350 e. The fourth-order valence-electron chi connectivity index (χ4n) is 2.32. The normalized spacial score (nSPS) is 10.6. The number of nitrogens with one attached hydrogen (secondary N) is 2. The zero-order valence-corrected chi connectivity index (χ0v) is 14.0. The van der Waals surface area contributed by atoms with E-state index in [9.17, 15) is 8.78 Å². The summed E-state index contributed by atoms with van der Waals surface area (Å²) in [5.41, 5.74) is 3.49. The van der Waals surface area contributed by atoms with Crippen molar-refractivity contribution < 1.29 is 8.78 Å². The lowest BCUT2D eigenvalue weighted by molar-refractivity contribution is 0.509. The summed E-state index contributed by atoms with van der Waals surface area (Å²) in [6.07, 6.45) is 0. The van der Waals surface area contributed by atoms with Crippen molar-refractivity contribution in [3.8, 4) is 0 Å². The molecule has 6 heteroatoms. The number of hydrogen-bond acceptors (Lipinski definition) is 4. The Bertz CT molecular complexity index is 879. The maximum Gasteiger partial charge on any atom is 0.225 e. The summed E-state index contributed by atoms with van der Waals surface area (Å²) >= 11 is 0. The monoisotopic (exact) mass is 340 g/mol. The van der Waals surface area contributed by atoms with Crippen LogP contribution in [0.1, 0.15) is 16.8 Å². The van der Waals surface area contributed by atoms with Gasteiger partial charge in [-0.15, -0.1) is 0 Å². The Kier molecular flexibility index (Phi) is 4.88. The lowest BCUT2D eigenvalue weighted by Crippen LogP contribution is -2.06. The van der Waals surface area contributed by atoms with E-state index in [0.29, 0.717) is 24.0 Å². The summed E-state index contributed by atoms with van der Waals surface area (Å²) < 4.78 is 26.3. The van der Waals surface area contributed by atoms with Gasteiger partial charge in [0.15, 0.2) is 11.6 Å². The quantitative estimate of drug-likeness (QED) is 0.705. The molecule has 0 spiro atoms. The van der Waals surface area contributed by atoms with Crippen LogP contribution in [-0.2, 0) is 6.54 Å². The van der Waals surface area contributed by atoms with Crippen molar-refractivity contribution in [1.29, 1.82) is 0 Å². The SMILES string of the molecule is Cc1ccc(CNc2nc(C)cc(Nc3ccc(F)c(F)c3)n2)cc1. The summed E-state index contributed by atoms with van der Waals surface area (Å²) in [7, 11) is 0. The second-order valence-corrected chi connectivity index (χ2v) is 5.81. The Morgan fingerprint density at radius 2 is 1.64 bits per heavy atom. The molecule has 0 unspecified atom stereocenters. The highest BCUT2D eigenvalue weighted by molar-refractivity contribution is 5.57. The third kappa shape index (κ3) is 4.50. The van der Waals surface area contributed by atoms with Crippen LogP contribution in [0.15, 0.2) is 48.5 Å². The van der Waals surface area contributed by atoms with E-state index in [1.165, 1.54) is 11.6 Å². The molecule has 0 saturated heterocycles. The molecule has 2 aromatic carbocycles. The standard InChI is InChI=1S/C19H18F2N4/c1-12-3-5-14(6-4-12)11-22-19-23-13(2)9-18(25-19)24-15-7-8-16(20)17(21)10-15/h3-10H,11H2,1-2H3,(H2,22,23,24,25). The lowest BCUT2D eigenvalue weighted by atomic mass is 10.1. The molecule has 0 saturated carbocycles. The Hall–Kier alpha value is -3.02. The number of anilines is 3. The molecule has 0 atom stereocenters. The van der Waals surface area contributed by atoms with Crippen LogP contribution in [0, 0.1) is 25.5 Å². The molecule has 0 aliphatic carbocycles. The Labute approximate surface area is 145 Å². The van der Waals surface area contributed by atoms with Crippen molar-refractivity contribution in [2.45, 2.75) is 20.4 Å². The first-order valence-electron chi connectivity index (χ1n) is 7.87. The highest BCUT2D eigenvalue weighted by Crippen LogP contribution is 2.19. The van der Waals surface area contributed by atoms with Crippen molar-refractivity contribution in [3.63, 3.8) is 0 Å². The molecule has 3 aromatic rings. The van der Waals surface area contributed by atoms with E-state index in [2.05, 4.69) is 20.6 Å². The molecule has 4 nitrogen and oxygen atoms in total. The average Bonchev–Trinajstić information content (AvgIpc) is 2.57. The number of benzene rings is 2. The van der Waals surface area contributed by atoms with Crippen molar-refractivity contribution in [2.75, 3.05) is 10.6 Å². The highest BCUT2D eigenvalue weighted by Gasteiger charge is 2.06. The zero-order chi connectivity index (χ0) is 17.8. The maximum absolute atomic E-state index is 13.3.